The lowest BCUT2D eigenvalue weighted by molar-refractivity contribution is 0.622. The van der Waals surface area contributed by atoms with Gasteiger partial charge >= 0.3 is 0 Å². The van der Waals surface area contributed by atoms with Gasteiger partial charge in [-0.2, -0.15) is 0 Å². The van der Waals surface area contributed by atoms with Crippen molar-refractivity contribution in [3.05, 3.63) is 34.6 Å². The van der Waals surface area contributed by atoms with E-state index < -0.39 is 0 Å². The number of nitrogens with one attached hydrogen (secondary N) is 1. The summed E-state index contributed by atoms with van der Waals surface area (Å²) in [5.74, 6) is -0.307. The van der Waals surface area contributed by atoms with Crippen molar-refractivity contribution in [1.29, 1.82) is 0 Å². The maximum absolute atomic E-state index is 12.7. The SMILES string of the molecule is CC(Cl)CCNCc1ccc(F)cc1Cl. The Bertz CT molecular complexity index is 315. The highest BCUT2D eigenvalue weighted by atomic mass is 35.5. The minimum absolute atomic E-state index is 0.168. The standard InChI is InChI=1S/C11H14Cl2FN/c1-8(12)4-5-15-7-9-2-3-10(14)6-11(9)13/h2-3,6,8,15H,4-5,7H2,1H3. The van der Waals surface area contributed by atoms with Gasteiger partial charge in [0.15, 0.2) is 0 Å². The van der Waals surface area contributed by atoms with Crippen LogP contribution in [0.1, 0.15) is 18.9 Å². The van der Waals surface area contributed by atoms with Crippen LogP contribution < -0.4 is 5.32 Å². The number of hydrogen-bond acceptors (Lipinski definition) is 1. The van der Waals surface area contributed by atoms with Gasteiger partial charge in [0.2, 0.25) is 0 Å². The molecule has 0 aromatic heterocycles. The zero-order chi connectivity index (χ0) is 11.3. The van der Waals surface area contributed by atoms with Gasteiger partial charge in [-0.05, 0) is 37.6 Å². The highest BCUT2D eigenvalue weighted by Gasteiger charge is 2.01. The van der Waals surface area contributed by atoms with Crippen molar-refractivity contribution in [2.24, 2.45) is 0 Å². The lowest BCUT2D eigenvalue weighted by Gasteiger charge is -2.07. The Morgan fingerprint density at radius 3 is 2.80 bits per heavy atom. The summed E-state index contributed by atoms with van der Waals surface area (Å²) in [5.41, 5.74) is 0.903. The summed E-state index contributed by atoms with van der Waals surface area (Å²) in [6.07, 6.45) is 0.903. The van der Waals surface area contributed by atoms with Gasteiger partial charge in [-0.3, -0.25) is 0 Å². The van der Waals surface area contributed by atoms with Crippen molar-refractivity contribution < 1.29 is 4.39 Å². The summed E-state index contributed by atoms with van der Waals surface area (Å²) in [4.78, 5) is 0. The summed E-state index contributed by atoms with van der Waals surface area (Å²) < 4.78 is 12.7. The molecule has 84 valence electrons. The molecule has 15 heavy (non-hydrogen) atoms. The second-order valence-corrected chi connectivity index (χ2v) is 4.63. The fraction of sp³-hybridized carbons (Fsp3) is 0.455. The number of benzene rings is 1. The molecule has 0 bridgehead atoms. The third-order valence-electron chi connectivity index (χ3n) is 2.05. The quantitative estimate of drug-likeness (QED) is 0.622. The van der Waals surface area contributed by atoms with E-state index in [0.29, 0.717) is 11.6 Å². The van der Waals surface area contributed by atoms with Crippen molar-refractivity contribution in [3.8, 4) is 0 Å². The highest BCUT2D eigenvalue weighted by Crippen LogP contribution is 2.16. The third-order valence-corrected chi connectivity index (χ3v) is 2.62. The molecule has 1 atom stereocenters. The average Bonchev–Trinajstić information content (AvgIpc) is 2.14. The predicted molar refractivity (Wildman–Crippen MR) is 63.0 cm³/mol. The molecular weight excluding hydrogens is 236 g/mol. The molecule has 0 saturated carbocycles. The molecule has 1 rings (SSSR count). The lowest BCUT2D eigenvalue weighted by atomic mass is 10.2. The zero-order valence-electron chi connectivity index (χ0n) is 8.56. The molecule has 0 saturated heterocycles. The van der Waals surface area contributed by atoms with Crippen LogP contribution >= 0.6 is 23.2 Å². The van der Waals surface area contributed by atoms with Gasteiger partial charge in [-0.15, -0.1) is 11.6 Å². The minimum Gasteiger partial charge on any atom is -0.313 e. The first-order valence-corrected chi connectivity index (χ1v) is 5.69. The van der Waals surface area contributed by atoms with Crippen LogP contribution in [-0.2, 0) is 6.54 Å². The molecule has 0 spiro atoms. The molecule has 0 radical (unpaired) electrons. The van der Waals surface area contributed by atoms with Crippen molar-refractivity contribution in [1.82, 2.24) is 5.32 Å². The Hall–Kier alpha value is -0.310. The molecule has 1 N–H and O–H groups in total. The second-order valence-electron chi connectivity index (χ2n) is 3.48. The van der Waals surface area contributed by atoms with Gasteiger partial charge in [0.1, 0.15) is 5.82 Å². The highest BCUT2D eigenvalue weighted by molar-refractivity contribution is 6.31. The van der Waals surface area contributed by atoms with Crippen LogP contribution in [0, 0.1) is 5.82 Å². The summed E-state index contributed by atoms with van der Waals surface area (Å²) in [7, 11) is 0. The van der Waals surface area contributed by atoms with Crippen LogP contribution in [0.3, 0.4) is 0 Å². The van der Waals surface area contributed by atoms with E-state index >= 15 is 0 Å². The van der Waals surface area contributed by atoms with Crippen LogP contribution in [-0.4, -0.2) is 11.9 Å². The number of alkyl halides is 1. The lowest BCUT2D eigenvalue weighted by Crippen LogP contribution is -2.17. The van der Waals surface area contributed by atoms with Crippen molar-refractivity contribution in [2.75, 3.05) is 6.54 Å². The summed E-state index contributed by atoms with van der Waals surface area (Å²) >= 11 is 11.7. The zero-order valence-corrected chi connectivity index (χ0v) is 10.1. The van der Waals surface area contributed by atoms with E-state index in [2.05, 4.69) is 5.32 Å². The maximum atomic E-state index is 12.7. The van der Waals surface area contributed by atoms with Gasteiger partial charge in [-0.1, -0.05) is 17.7 Å². The first-order valence-electron chi connectivity index (χ1n) is 4.88. The van der Waals surface area contributed by atoms with E-state index in [9.17, 15) is 4.39 Å². The van der Waals surface area contributed by atoms with Gasteiger partial charge in [0, 0.05) is 16.9 Å². The molecule has 0 aliphatic heterocycles. The van der Waals surface area contributed by atoms with Gasteiger partial charge in [0.25, 0.3) is 0 Å². The van der Waals surface area contributed by atoms with Crippen LogP contribution in [0.5, 0.6) is 0 Å². The molecule has 1 unspecified atom stereocenters. The number of hydrogen-bond donors (Lipinski definition) is 1. The maximum Gasteiger partial charge on any atom is 0.124 e. The van der Waals surface area contributed by atoms with Crippen molar-refractivity contribution >= 4 is 23.2 Å². The molecule has 0 amide bonds. The Morgan fingerprint density at radius 2 is 2.20 bits per heavy atom. The summed E-state index contributed by atoms with van der Waals surface area (Å²) in [5, 5.41) is 3.83. The van der Waals surface area contributed by atoms with E-state index in [1.165, 1.54) is 12.1 Å². The molecule has 1 aromatic carbocycles. The molecule has 1 aromatic rings. The van der Waals surface area contributed by atoms with Crippen LogP contribution in [0.25, 0.3) is 0 Å². The largest absolute Gasteiger partial charge is 0.313 e. The number of halogens is 3. The van der Waals surface area contributed by atoms with Gasteiger partial charge in [0.05, 0.1) is 0 Å². The van der Waals surface area contributed by atoms with Crippen molar-refractivity contribution in [2.45, 2.75) is 25.3 Å². The normalized spacial score (nSPS) is 12.8. The van der Waals surface area contributed by atoms with E-state index in [1.54, 1.807) is 6.07 Å². The molecule has 0 aliphatic rings. The Labute approximate surface area is 99.6 Å². The third kappa shape index (κ3) is 4.83. The Kier molecular flexibility index (Phi) is 5.37. The Balaban J connectivity index is 2.37. The van der Waals surface area contributed by atoms with E-state index in [0.717, 1.165) is 18.5 Å². The fourth-order valence-electron chi connectivity index (χ4n) is 1.19. The van der Waals surface area contributed by atoms with E-state index in [4.69, 9.17) is 23.2 Å². The van der Waals surface area contributed by atoms with E-state index in [-0.39, 0.29) is 11.2 Å². The molecule has 1 nitrogen and oxygen atoms in total. The van der Waals surface area contributed by atoms with Crippen molar-refractivity contribution in [3.63, 3.8) is 0 Å². The van der Waals surface area contributed by atoms with E-state index in [1.807, 2.05) is 6.92 Å². The topological polar surface area (TPSA) is 12.0 Å². The molecular formula is C11H14Cl2FN. The summed E-state index contributed by atoms with van der Waals surface area (Å²) in [6.45, 7) is 3.43. The first-order chi connectivity index (χ1) is 7.09. The fourth-order valence-corrected chi connectivity index (χ4v) is 1.53. The number of rotatable bonds is 5. The molecule has 0 aliphatic carbocycles. The smallest absolute Gasteiger partial charge is 0.124 e. The monoisotopic (exact) mass is 249 g/mol. The van der Waals surface area contributed by atoms with Gasteiger partial charge < -0.3 is 5.32 Å². The second kappa shape index (κ2) is 6.31. The molecule has 4 heteroatoms. The van der Waals surface area contributed by atoms with Crippen LogP contribution in [0.15, 0.2) is 18.2 Å². The predicted octanol–water partition coefficient (Wildman–Crippen LogP) is 3.59. The average molecular weight is 250 g/mol. The summed E-state index contributed by atoms with van der Waals surface area (Å²) in [6, 6.07) is 4.42. The first kappa shape index (κ1) is 12.8. The molecule has 0 fully saturated rings. The van der Waals surface area contributed by atoms with Gasteiger partial charge in [-0.25, -0.2) is 4.39 Å². The Morgan fingerprint density at radius 1 is 1.47 bits per heavy atom. The molecule has 0 heterocycles. The van der Waals surface area contributed by atoms with Crippen LogP contribution in [0.2, 0.25) is 5.02 Å². The minimum atomic E-state index is -0.307. The van der Waals surface area contributed by atoms with Crippen LogP contribution in [0.4, 0.5) is 4.39 Å².